The summed E-state index contributed by atoms with van der Waals surface area (Å²) in [5, 5.41) is 10.3. The van der Waals surface area contributed by atoms with Gasteiger partial charge in [-0.05, 0) is 47.5 Å². The Morgan fingerprint density at radius 2 is 1.68 bits per heavy atom. The van der Waals surface area contributed by atoms with Crippen molar-refractivity contribution < 1.29 is 23.0 Å². The molecule has 1 fully saturated rings. The normalized spacial score (nSPS) is 19.7. The van der Waals surface area contributed by atoms with E-state index in [2.05, 4.69) is 9.71 Å². The van der Waals surface area contributed by atoms with E-state index in [0.29, 0.717) is 23.4 Å². The molecule has 3 aromatic carbocycles. The highest BCUT2D eigenvalue weighted by atomic mass is 32.2. The Hall–Kier alpha value is -3.21. The van der Waals surface area contributed by atoms with Crippen molar-refractivity contribution >= 4 is 27.5 Å². The van der Waals surface area contributed by atoms with Crippen molar-refractivity contribution in [2.24, 2.45) is 0 Å². The third-order valence-electron chi connectivity index (χ3n) is 6.13. The third kappa shape index (κ3) is 6.61. The second-order valence-corrected chi connectivity index (χ2v) is 11.6. The van der Waals surface area contributed by atoms with Crippen molar-refractivity contribution in [3.8, 4) is 0 Å². The van der Waals surface area contributed by atoms with Crippen molar-refractivity contribution in [2.45, 2.75) is 41.4 Å². The highest BCUT2D eigenvalue weighted by molar-refractivity contribution is 7.99. The number of pyridine rings is 1. The molecule has 0 saturated carbocycles. The van der Waals surface area contributed by atoms with Gasteiger partial charge in [0.25, 0.3) is 10.0 Å². The maximum Gasteiger partial charge on any atom is 0.261 e. The van der Waals surface area contributed by atoms with E-state index >= 15 is 0 Å². The molecule has 7 nitrogen and oxygen atoms in total. The smallest absolute Gasteiger partial charge is 0.261 e. The molecule has 1 aliphatic rings. The number of aliphatic hydroxyl groups excluding tert-OH is 1. The van der Waals surface area contributed by atoms with Gasteiger partial charge in [0, 0.05) is 29.6 Å². The molecular weight excluding hydrogens is 520 g/mol. The summed E-state index contributed by atoms with van der Waals surface area (Å²) in [6.07, 6.45) is 1.36. The van der Waals surface area contributed by atoms with Gasteiger partial charge in [-0.25, -0.2) is 13.4 Å². The minimum absolute atomic E-state index is 0.0213. The molecule has 0 radical (unpaired) electrons. The third-order valence-corrected chi connectivity index (χ3v) is 8.61. The Labute approximate surface area is 226 Å². The Morgan fingerprint density at radius 1 is 0.895 bits per heavy atom. The number of aromatic nitrogens is 1. The zero-order valence-corrected chi connectivity index (χ0v) is 22.1. The molecule has 2 heterocycles. The highest BCUT2D eigenvalue weighted by Crippen LogP contribution is 2.39. The summed E-state index contributed by atoms with van der Waals surface area (Å²) >= 11 is 1.62. The summed E-state index contributed by atoms with van der Waals surface area (Å²) in [6.45, 7) is -0.0213. The number of benzene rings is 3. The molecule has 1 saturated heterocycles. The molecule has 4 aromatic rings. The fourth-order valence-corrected chi connectivity index (χ4v) is 6.15. The molecule has 38 heavy (non-hydrogen) atoms. The van der Waals surface area contributed by atoms with Gasteiger partial charge >= 0.3 is 0 Å². The van der Waals surface area contributed by atoms with Gasteiger partial charge in [0.1, 0.15) is 0 Å². The molecule has 0 bridgehead atoms. The molecule has 0 unspecified atom stereocenters. The van der Waals surface area contributed by atoms with Crippen LogP contribution in [-0.2, 0) is 26.1 Å². The minimum Gasteiger partial charge on any atom is -0.392 e. The number of hydrogen-bond acceptors (Lipinski definition) is 7. The molecule has 0 spiro atoms. The van der Waals surface area contributed by atoms with Crippen molar-refractivity contribution in [2.75, 3.05) is 10.5 Å². The van der Waals surface area contributed by atoms with E-state index in [1.54, 1.807) is 66.5 Å². The Balaban J connectivity index is 1.37. The first-order valence-corrected chi connectivity index (χ1v) is 14.7. The lowest BCUT2D eigenvalue weighted by Gasteiger charge is -2.36. The number of hydrogen-bond donors (Lipinski definition) is 2. The zero-order chi connectivity index (χ0) is 26.4. The van der Waals surface area contributed by atoms with Crippen LogP contribution in [0, 0.1) is 0 Å². The summed E-state index contributed by atoms with van der Waals surface area (Å²) in [6, 6.07) is 28.8. The molecule has 0 aliphatic carbocycles. The first-order chi connectivity index (χ1) is 18.5. The van der Waals surface area contributed by atoms with Gasteiger partial charge in [0.2, 0.25) is 0 Å². The van der Waals surface area contributed by atoms with Gasteiger partial charge in [-0.15, -0.1) is 11.8 Å². The Kier molecular flexibility index (Phi) is 8.41. The Bertz CT molecular complexity index is 1440. The van der Waals surface area contributed by atoms with Crippen LogP contribution in [0.2, 0.25) is 0 Å². The van der Waals surface area contributed by atoms with E-state index in [-0.39, 0.29) is 23.7 Å². The number of rotatable bonds is 9. The molecule has 1 aliphatic heterocycles. The van der Waals surface area contributed by atoms with Crippen LogP contribution >= 0.6 is 11.8 Å². The first-order valence-electron chi connectivity index (χ1n) is 12.2. The van der Waals surface area contributed by atoms with E-state index < -0.39 is 16.3 Å². The Morgan fingerprint density at radius 3 is 2.42 bits per heavy atom. The lowest BCUT2D eigenvalue weighted by Crippen LogP contribution is -2.31. The minimum atomic E-state index is -3.73. The zero-order valence-electron chi connectivity index (χ0n) is 20.5. The van der Waals surface area contributed by atoms with Crippen LogP contribution in [0.25, 0.3) is 0 Å². The highest BCUT2D eigenvalue weighted by Gasteiger charge is 2.32. The second-order valence-electron chi connectivity index (χ2n) is 8.87. The number of aliphatic hydroxyl groups is 1. The van der Waals surface area contributed by atoms with Gasteiger partial charge in [0.15, 0.2) is 6.29 Å². The van der Waals surface area contributed by atoms with Crippen LogP contribution in [0.5, 0.6) is 0 Å². The van der Waals surface area contributed by atoms with Crippen molar-refractivity contribution in [3.63, 3.8) is 0 Å². The first kappa shape index (κ1) is 26.4. The quantitative estimate of drug-likeness (QED) is 0.259. The number of anilines is 1. The number of sulfonamides is 1. The van der Waals surface area contributed by atoms with Gasteiger partial charge in [-0.2, -0.15) is 0 Å². The molecule has 5 rings (SSSR count). The van der Waals surface area contributed by atoms with Crippen LogP contribution in [0.1, 0.15) is 35.5 Å². The standard InChI is InChI=1S/C29H28N2O5S2/c32-19-21-12-14-22(15-13-21)27-18-25(20-37-28-11-4-5-16-30-28)35-29(36-27)23-7-6-8-24(17-23)31-38(33,34)26-9-2-1-3-10-26/h1-17,25,27,29,31-32H,18-20H2/t25-,27+,29+/m0/s1. The van der Waals surface area contributed by atoms with Crippen LogP contribution in [0.4, 0.5) is 5.69 Å². The average Bonchev–Trinajstić information content (AvgIpc) is 2.97. The molecule has 0 amide bonds. The largest absolute Gasteiger partial charge is 0.392 e. The van der Waals surface area contributed by atoms with E-state index in [4.69, 9.17) is 9.47 Å². The summed E-state index contributed by atoms with van der Waals surface area (Å²) in [4.78, 5) is 4.58. The van der Waals surface area contributed by atoms with Crippen LogP contribution < -0.4 is 4.72 Å². The molecule has 3 atom stereocenters. The van der Waals surface area contributed by atoms with Crippen LogP contribution in [0.3, 0.4) is 0 Å². The predicted molar refractivity (Wildman–Crippen MR) is 147 cm³/mol. The maximum atomic E-state index is 12.9. The molecule has 196 valence electrons. The van der Waals surface area contributed by atoms with E-state index in [1.165, 1.54) is 0 Å². The van der Waals surface area contributed by atoms with E-state index in [0.717, 1.165) is 16.2 Å². The predicted octanol–water partition coefficient (Wildman–Crippen LogP) is 5.71. The summed E-state index contributed by atoms with van der Waals surface area (Å²) < 4.78 is 41.1. The molecule has 9 heteroatoms. The van der Waals surface area contributed by atoms with Crippen molar-refractivity contribution in [1.82, 2.24) is 4.98 Å². The van der Waals surface area contributed by atoms with E-state index in [9.17, 15) is 13.5 Å². The molecule has 1 aromatic heterocycles. The van der Waals surface area contributed by atoms with Gasteiger partial charge in [-0.1, -0.05) is 60.7 Å². The monoisotopic (exact) mass is 548 g/mol. The lowest BCUT2D eigenvalue weighted by atomic mass is 10.0. The van der Waals surface area contributed by atoms with Crippen LogP contribution in [0.15, 0.2) is 113 Å². The number of nitrogens with one attached hydrogen (secondary N) is 1. The lowest BCUT2D eigenvalue weighted by molar-refractivity contribution is -0.245. The fraction of sp³-hybridized carbons (Fsp3) is 0.207. The van der Waals surface area contributed by atoms with Gasteiger partial charge in [-0.3, -0.25) is 4.72 Å². The number of ether oxygens (including phenoxy) is 2. The fourth-order valence-electron chi connectivity index (χ4n) is 4.20. The van der Waals surface area contributed by atoms with Crippen molar-refractivity contribution in [1.29, 1.82) is 0 Å². The molecular formula is C29H28N2O5S2. The SMILES string of the molecule is O=S(=O)(Nc1cccc([C@@H]2O[C@H](CSc3ccccn3)C[C@H](c3ccc(CO)cc3)O2)c1)c1ccccc1. The topological polar surface area (TPSA) is 97.8 Å². The second kappa shape index (κ2) is 12.1. The van der Waals surface area contributed by atoms with Crippen molar-refractivity contribution in [3.05, 3.63) is 120 Å². The van der Waals surface area contributed by atoms with Gasteiger partial charge < -0.3 is 14.6 Å². The van der Waals surface area contributed by atoms with Crippen LogP contribution in [-0.4, -0.2) is 30.4 Å². The summed E-state index contributed by atoms with van der Waals surface area (Å²) in [7, 11) is -3.73. The maximum absolute atomic E-state index is 12.9. The summed E-state index contributed by atoms with van der Waals surface area (Å²) in [5.41, 5.74) is 2.96. The van der Waals surface area contributed by atoms with Gasteiger partial charge in [0.05, 0.1) is 28.7 Å². The average molecular weight is 549 g/mol. The number of nitrogens with zero attached hydrogens (tertiary/aromatic N) is 1. The van der Waals surface area contributed by atoms with E-state index in [1.807, 2.05) is 48.5 Å². The number of thioether (sulfide) groups is 1. The summed E-state index contributed by atoms with van der Waals surface area (Å²) in [5.74, 6) is 0.683. The molecule has 2 N–H and O–H groups in total.